The van der Waals surface area contributed by atoms with Gasteiger partial charge >= 0.3 is 5.97 Å². The highest BCUT2D eigenvalue weighted by Gasteiger charge is 2.36. The van der Waals surface area contributed by atoms with Crippen LogP contribution in [0.15, 0.2) is 60.7 Å². The van der Waals surface area contributed by atoms with Crippen molar-refractivity contribution in [3.8, 4) is 5.75 Å². The van der Waals surface area contributed by atoms with Gasteiger partial charge in [-0.1, -0.05) is 47.5 Å². The topological polar surface area (TPSA) is 66.8 Å². The van der Waals surface area contributed by atoms with E-state index in [0.29, 0.717) is 45.3 Å². The van der Waals surface area contributed by atoms with Gasteiger partial charge in [0.05, 0.1) is 10.0 Å². The molecular weight excluding hydrogens is 480 g/mol. The molecule has 0 spiro atoms. The quantitative estimate of drug-likeness (QED) is 0.444. The first kappa shape index (κ1) is 24.0. The third-order valence-corrected chi connectivity index (χ3v) is 6.46. The summed E-state index contributed by atoms with van der Waals surface area (Å²) in [6.07, 6.45) is 0.865. The number of carboxylic acid groups (broad SMARTS) is 1. The van der Waals surface area contributed by atoms with E-state index in [1.807, 2.05) is 6.92 Å². The molecule has 1 heterocycles. The van der Waals surface area contributed by atoms with Crippen LogP contribution in [0.4, 0.5) is 4.39 Å². The third kappa shape index (κ3) is 5.34. The minimum Gasteiger partial charge on any atom is -0.487 e. The van der Waals surface area contributed by atoms with E-state index < -0.39 is 24.0 Å². The molecule has 0 unspecified atom stereocenters. The first-order valence-electron chi connectivity index (χ1n) is 10.6. The first-order chi connectivity index (χ1) is 16.1. The van der Waals surface area contributed by atoms with Crippen molar-refractivity contribution < 1.29 is 23.8 Å². The number of hydrogen-bond acceptors (Lipinski definition) is 3. The van der Waals surface area contributed by atoms with Crippen molar-refractivity contribution in [1.29, 1.82) is 0 Å². The highest BCUT2D eigenvalue weighted by molar-refractivity contribution is 6.42. The molecule has 176 valence electrons. The second-order valence-electron chi connectivity index (χ2n) is 8.62. The molecule has 3 aromatic rings. The average Bonchev–Trinajstić information content (AvgIpc) is 3.11. The molecule has 0 saturated heterocycles. The zero-order valence-corrected chi connectivity index (χ0v) is 19.9. The van der Waals surface area contributed by atoms with Crippen LogP contribution in [0, 0.1) is 5.82 Å². The van der Waals surface area contributed by atoms with Gasteiger partial charge in [0.25, 0.3) is 5.91 Å². The second-order valence-corrected chi connectivity index (χ2v) is 9.44. The summed E-state index contributed by atoms with van der Waals surface area (Å²) in [5.74, 6) is -1.22. The van der Waals surface area contributed by atoms with Crippen LogP contribution >= 0.6 is 23.2 Å². The summed E-state index contributed by atoms with van der Waals surface area (Å²) in [6, 6.07) is 16.5. The van der Waals surface area contributed by atoms with Crippen molar-refractivity contribution in [3.63, 3.8) is 0 Å². The molecule has 0 fully saturated rings. The number of carboxylic acids is 1. The van der Waals surface area contributed by atoms with Crippen molar-refractivity contribution in [2.24, 2.45) is 0 Å². The van der Waals surface area contributed by atoms with Crippen LogP contribution in [0.2, 0.25) is 10.0 Å². The number of hydrogen-bond donors (Lipinski definition) is 1. The summed E-state index contributed by atoms with van der Waals surface area (Å²) in [5.41, 5.74) is 1.72. The predicted molar refractivity (Wildman–Crippen MR) is 128 cm³/mol. The number of carbonyl (C=O) groups excluding carboxylic acids is 1. The van der Waals surface area contributed by atoms with Gasteiger partial charge in [-0.2, -0.15) is 0 Å². The average molecular weight is 502 g/mol. The van der Waals surface area contributed by atoms with Gasteiger partial charge in [-0.15, -0.1) is 0 Å². The molecule has 5 nitrogen and oxygen atoms in total. The Kier molecular flexibility index (Phi) is 6.82. The van der Waals surface area contributed by atoms with E-state index >= 15 is 0 Å². The number of aliphatic carboxylic acids is 1. The lowest BCUT2D eigenvalue weighted by molar-refractivity contribution is -0.137. The Bertz CT molecular complexity index is 1270. The standard InChI is InChI=1S/C26H22Cl2FNO4/c1-26(12-18-4-2-3-5-22(18)29)13-19-11-17(7-9-23(19)34-26)25(33)30(15-24(31)32)14-16-6-8-20(27)21(28)10-16/h2-11H,12-15H2,1H3,(H,31,32)/t26-/m0/s1. The van der Waals surface area contributed by atoms with Crippen molar-refractivity contribution in [1.82, 2.24) is 4.90 Å². The highest BCUT2D eigenvalue weighted by atomic mass is 35.5. The highest BCUT2D eigenvalue weighted by Crippen LogP contribution is 2.38. The molecule has 3 aromatic carbocycles. The molecule has 0 bridgehead atoms. The Labute approximate surface area is 206 Å². The summed E-state index contributed by atoms with van der Waals surface area (Å²) in [6.45, 7) is 1.49. The van der Waals surface area contributed by atoms with Crippen LogP contribution in [0.1, 0.15) is 34.0 Å². The normalized spacial score (nSPS) is 16.6. The Morgan fingerprint density at radius 2 is 1.85 bits per heavy atom. The van der Waals surface area contributed by atoms with E-state index in [9.17, 15) is 19.1 Å². The number of ether oxygens (including phenoxy) is 1. The van der Waals surface area contributed by atoms with Gasteiger partial charge in [0, 0.05) is 24.9 Å². The van der Waals surface area contributed by atoms with E-state index in [1.54, 1.807) is 54.6 Å². The largest absolute Gasteiger partial charge is 0.487 e. The predicted octanol–water partition coefficient (Wildman–Crippen LogP) is 5.80. The van der Waals surface area contributed by atoms with Gasteiger partial charge in [-0.05, 0) is 60.0 Å². The lowest BCUT2D eigenvalue weighted by atomic mass is 9.91. The summed E-state index contributed by atoms with van der Waals surface area (Å²) < 4.78 is 20.3. The number of benzene rings is 3. The lowest BCUT2D eigenvalue weighted by Gasteiger charge is -2.24. The number of rotatable bonds is 7. The smallest absolute Gasteiger partial charge is 0.323 e. The number of fused-ring (bicyclic) bond motifs is 1. The lowest BCUT2D eigenvalue weighted by Crippen LogP contribution is -2.35. The maximum atomic E-state index is 14.2. The number of halogens is 3. The number of amides is 1. The van der Waals surface area contributed by atoms with E-state index in [4.69, 9.17) is 27.9 Å². The Balaban J connectivity index is 1.54. The molecule has 1 aliphatic heterocycles. The molecule has 0 aliphatic carbocycles. The molecule has 1 N–H and O–H groups in total. The molecule has 4 rings (SSSR count). The summed E-state index contributed by atoms with van der Waals surface area (Å²) in [4.78, 5) is 25.9. The Morgan fingerprint density at radius 3 is 2.56 bits per heavy atom. The fraction of sp³-hybridized carbons (Fsp3) is 0.231. The van der Waals surface area contributed by atoms with E-state index in [-0.39, 0.29) is 12.4 Å². The van der Waals surface area contributed by atoms with Crippen LogP contribution in [0.25, 0.3) is 0 Å². The number of nitrogens with zero attached hydrogens (tertiary/aromatic N) is 1. The van der Waals surface area contributed by atoms with Gasteiger partial charge in [-0.25, -0.2) is 4.39 Å². The summed E-state index contributed by atoms with van der Waals surface area (Å²) in [5, 5.41) is 10.0. The maximum Gasteiger partial charge on any atom is 0.323 e. The van der Waals surface area contributed by atoms with Gasteiger partial charge in [0.15, 0.2) is 0 Å². The molecule has 1 amide bonds. The van der Waals surface area contributed by atoms with Crippen LogP contribution in [0.3, 0.4) is 0 Å². The van der Waals surface area contributed by atoms with Crippen molar-refractivity contribution in [3.05, 3.63) is 98.8 Å². The van der Waals surface area contributed by atoms with E-state index in [1.165, 1.54) is 11.0 Å². The Hall–Kier alpha value is -3.09. The second kappa shape index (κ2) is 9.65. The monoisotopic (exact) mass is 501 g/mol. The zero-order chi connectivity index (χ0) is 24.5. The molecule has 0 radical (unpaired) electrons. The van der Waals surface area contributed by atoms with Crippen LogP contribution in [-0.2, 0) is 24.2 Å². The fourth-order valence-electron chi connectivity index (χ4n) is 4.20. The molecule has 1 aliphatic rings. The van der Waals surface area contributed by atoms with Crippen LogP contribution in [-0.4, -0.2) is 34.0 Å². The van der Waals surface area contributed by atoms with Crippen molar-refractivity contribution in [2.45, 2.75) is 31.9 Å². The van der Waals surface area contributed by atoms with Gasteiger partial charge < -0.3 is 14.7 Å². The molecule has 34 heavy (non-hydrogen) atoms. The molecule has 8 heteroatoms. The van der Waals surface area contributed by atoms with Crippen LogP contribution < -0.4 is 4.74 Å². The fourth-order valence-corrected chi connectivity index (χ4v) is 4.52. The zero-order valence-electron chi connectivity index (χ0n) is 18.4. The minimum absolute atomic E-state index is 0.0562. The van der Waals surface area contributed by atoms with E-state index in [0.717, 1.165) is 5.56 Å². The molecule has 0 aromatic heterocycles. The van der Waals surface area contributed by atoms with E-state index in [2.05, 4.69) is 0 Å². The molecule has 0 saturated carbocycles. The maximum absolute atomic E-state index is 14.2. The van der Waals surface area contributed by atoms with Gasteiger partial charge in [-0.3, -0.25) is 9.59 Å². The van der Waals surface area contributed by atoms with Crippen LogP contribution in [0.5, 0.6) is 5.75 Å². The minimum atomic E-state index is -1.13. The SMILES string of the molecule is C[C@]1(Cc2ccccc2F)Cc2cc(C(=O)N(CC(=O)O)Cc3ccc(Cl)c(Cl)c3)ccc2O1. The van der Waals surface area contributed by atoms with Gasteiger partial charge in [0.1, 0.15) is 23.7 Å². The Morgan fingerprint density at radius 1 is 1.09 bits per heavy atom. The third-order valence-electron chi connectivity index (χ3n) is 5.72. The summed E-state index contributed by atoms with van der Waals surface area (Å²) >= 11 is 12.0. The summed E-state index contributed by atoms with van der Waals surface area (Å²) in [7, 11) is 0. The first-order valence-corrected chi connectivity index (χ1v) is 11.4. The van der Waals surface area contributed by atoms with Crippen molar-refractivity contribution >= 4 is 35.1 Å². The molecule has 1 atom stereocenters. The number of carbonyl (C=O) groups is 2. The van der Waals surface area contributed by atoms with Crippen molar-refractivity contribution in [2.75, 3.05) is 6.54 Å². The molecular formula is C26H22Cl2FNO4. The van der Waals surface area contributed by atoms with Gasteiger partial charge in [0.2, 0.25) is 0 Å².